The first-order valence-electron chi connectivity index (χ1n) is 5.31. The van der Waals surface area contributed by atoms with E-state index in [-0.39, 0.29) is 28.5 Å². The van der Waals surface area contributed by atoms with E-state index < -0.39 is 4.92 Å². The van der Waals surface area contributed by atoms with Crippen LogP contribution in [0.2, 0.25) is 0 Å². The van der Waals surface area contributed by atoms with Gasteiger partial charge in [-0.25, -0.2) is 0 Å². The number of halogens is 2. The Morgan fingerprint density at radius 3 is 2.78 bits per heavy atom. The molecule has 18 heavy (non-hydrogen) atoms. The second-order valence-corrected chi connectivity index (χ2v) is 5.98. The van der Waals surface area contributed by atoms with Gasteiger partial charge in [0, 0.05) is 24.4 Å². The maximum Gasteiger partial charge on any atom is 0.312 e. The van der Waals surface area contributed by atoms with E-state index in [0.717, 1.165) is 6.42 Å². The van der Waals surface area contributed by atoms with Gasteiger partial charge in [0.2, 0.25) is 5.75 Å². The highest BCUT2D eigenvalue weighted by Crippen LogP contribution is 2.40. The minimum Gasteiger partial charge on any atom is -0.480 e. The van der Waals surface area contributed by atoms with Gasteiger partial charge in [-0.3, -0.25) is 10.1 Å². The molecule has 0 heterocycles. The zero-order valence-electron chi connectivity index (χ0n) is 9.51. The minimum absolute atomic E-state index is 0.0442. The Morgan fingerprint density at radius 2 is 2.22 bits per heavy atom. The lowest BCUT2D eigenvalue weighted by Crippen LogP contribution is -2.51. The number of nitrogens with zero attached hydrogens (tertiary/aromatic N) is 1. The summed E-state index contributed by atoms with van der Waals surface area (Å²) in [7, 11) is 1.60. The molecule has 0 radical (unpaired) electrons. The predicted octanol–water partition coefficient (Wildman–Crippen LogP) is 3.29. The second-order valence-electron chi connectivity index (χ2n) is 3.95. The lowest BCUT2D eigenvalue weighted by atomic mass is 9.91. The smallest absolute Gasteiger partial charge is 0.312 e. The van der Waals surface area contributed by atoms with Crippen molar-refractivity contribution in [3.8, 4) is 5.75 Å². The Labute approximate surface area is 121 Å². The van der Waals surface area contributed by atoms with E-state index in [1.807, 2.05) is 0 Å². The van der Waals surface area contributed by atoms with Gasteiger partial charge in [-0.2, -0.15) is 0 Å². The fraction of sp³-hybridized carbons (Fsp3) is 0.455. The monoisotopic (exact) mass is 379 g/mol. The molecule has 0 bridgehead atoms. The topological polar surface area (TPSA) is 61.6 Å². The fourth-order valence-electron chi connectivity index (χ4n) is 1.85. The van der Waals surface area contributed by atoms with Crippen LogP contribution in [0.15, 0.2) is 22.7 Å². The van der Waals surface area contributed by atoms with Crippen LogP contribution in [0.3, 0.4) is 0 Å². The normalized spacial score (nSPS) is 26.5. The van der Waals surface area contributed by atoms with Crippen LogP contribution < -0.4 is 4.74 Å². The molecule has 1 saturated carbocycles. The van der Waals surface area contributed by atoms with E-state index in [1.165, 1.54) is 6.07 Å². The van der Waals surface area contributed by atoms with Gasteiger partial charge in [0.25, 0.3) is 0 Å². The zero-order valence-corrected chi connectivity index (χ0v) is 12.7. The fourth-order valence-corrected chi connectivity index (χ4v) is 3.23. The number of hydrogen-bond donors (Lipinski definition) is 0. The number of para-hydroxylation sites is 1. The third kappa shape index (κ3) is 2.53. The molecule has 3 unspecified atom stereocenters. The number of alkyl halides is 1. The molecular weight excluding hydrogens is 370 g/mol. The molecule has 1 aromatic carbocycles. The van der Waals surface area contributed by atoms with E-state index in [0.29, 0.717) is 4.47 Å². The van der Waals surface area contributed by atoms with E-state index >= 15 is 0 Å². The summed E-state index contributed by atoms with van der Waals surface area (Å²) in [5.74, 6) is 0.258. The molecule has 0 N–H and O–H groups in total. The first-order chi connectivity index (χ1) is 8.54. The Hall–Kier alpha value is -0.660. The van der Waals surface area contributed by atoms with Gasteiger partial charge < -0.3 is 9.47 Å². The van der Waals surface area contributed by atoms with E-state index in [4.69, 9.17) is 9.47 Å². The van der Waals surface area contributed by atoms with Crippen LogP contribution in [0.5, 0.6) is 5.75 Å². The lowest BCUT2D eigenvalue weighted by Gasteiger charge is -2.40. The summed E-state index contributed by atoms with van der Waals surface area (Å²) < 4.78 is 11.5. The third-order valence-electron chi connectivity index (χ3n) is 2.86. The van der Waals surface area contributed by atoms with Crippen molar-refractivity contribution in [1.82, 2.24) is 0 Å². The van der Waals surface area contributed by atoms with Crippen molar-refractivity contribution in [1.29, 1.82) is 0 Å². The van der Waals surface area contributed by atoms with Crippen molar-refractivity contribution >= 4 is 37.5 Å². The summed E-state index contributed by atoms with van der Waals surface area (Å²) in [6.07, 6.45) is 0.505. The Bertz CT molecular complexity index is 468. The van der Waals surface area contributed by atoms with E-state index in [1.54, 1.807) is 19.2 Å². The number of hydrogen-bond acceptors (Lipinski definition) is 4. The Balaban J connectivity index is 2.21. The summed E-state index contributed by atoms with van der Waals surface area (Å²) in [6.45, 7) is 0. The molecule has 0 spiro atoms. The number of methoxy groups -OCH3 is 1. The van der Waals surface area contributed by atoms with Gasteiger partial charge in [-0.15, -0.1) is 0 Å². The van der Waals surface area contributed by atoms with Crippen molar-refractivity contribution in [2.24, 2.45) is 0 Å². The van der Waals surface area contributed by atoms with Gasteiger partial charge in [0.05, 0.1) is 9.40 Å². The SMILES string of the molecule is COC1C(Br)CC1Oc1c(Br)cccc1[N+](=O)[O-]. The number of rotatable bonds is 4. The van der Waals surface area contributed by atoms with Gasteiger partial charge in [-0.1, -0.05) is 22.0 Å². The summed E-state index contributed by atoms with van der Waals surface area (Å²) in [6, 6.07) is 4.75. The van der Waals surface area contributed by atoms with Gasteiger partial charge in [-0.05, 0) is 22.0 Å². The van der Waals surface area contributed by atoms with E-state index in [2.05, 4.69) is 31.9 Å². The first-order valence-corrected chi connectivity index (χ1v) is 7.02. The van der Waals surface area contributed by atoms with Crippen LogP contribution in [0.4, 0.5) is 5.69 Å². The molecule has 1 fully saturated rings. The quantitative estimate of drug-likeness (QED) is 0.456. The molecule has 1 aliphatic rings. The summed E-state index contributed by atoms with van der Waals surface area (Å²) in [5.41, 5.74) is -0.0442. The Kier molecular flexibility index (Phi) is 4.24. The largest absolute Gasteiger partial charge is 0.480 e. The van der Waals surface area contributed by atoms with Crippen molar-refractivity contribution in [2.75, 3.05) is 7.11 Å². The molecule has 2 rings (SSSR count). The van der Waals surface area contributed by atoms with Crippen molar-refractivity contribution < 1.29 is 14.4 Å². The highest BCUT2D eigenvalue weighted by molar-refractivity contribution is 9.10. The molecule has 98 valence electrons. The van der Waals surface area contributed by atoms with Crippen LogP contribution in [-0.4, -0.2) is 29.1 Å². The maximum atomic E-state index is 10.9. The molecule has 5 nitrogen and oxygen atoms in total. The average Bonchev–Trinajstić information content (AvgIpc) is 2.30. The molecule has 1 aliphatic carbocycles. The molecule has 1 aromatic rings. The molecule has 0 amide bonds. The van der Waals surface area contributed by atoms with Crippen LogP contribution >= 0.6 is 31.9 Å². The number of benzene rings is 1. The van der Waals surface area contributed by atoms with Gasteiger partial charge in [0.15, 0.2) is 0 Å². The molecular formula is C11H11Br2NO4. The van der Waals surface area contributed by atoms with Crippen LogP contribution in [0.25, 0.3) is 0 Å². The summed E-state index contributed by atoms with van der Waals surface area (Å²) in [5, 5.41) is 10.9. The average molecular weight is 381 g/mol. The minimum atomic E-state index is -0.452. The highest BCUT2D eigenvalue weighted by atomic mass is 79.9. The van der Waals surface area contributed by atoms with Gasteiger partial charge >= 0.3 is 5.69 Å². The van der Waals surface area contributed by atoms with Crippen molar-refractivity contribution in [3.05, 3.63) is 32.8 Å². The highest BCUT2D eigenvalue weighted by Gasteiger charge is 2.42. The van der Waals surface area contributed by atoms with Crippen molar-refractivity contribution in [2.45, 2.75) is 23.5 Å². The molecule has 3 atom stereocenters. The van der Waals surface area contributed by atoms with Crippen LogP contribution in [-0.2, 0) is 4.74 Å². The zero-order chi connectivity index (χ0) is 13.3. The molecule has 0 aromatic heterocycles. The predicted molar refractivity (Wildman–Crippen MR) is 73.3 cm³/mol. The van der Waals surface area contributed by atoms with Crippen LogP contribution in [0.1, 0.15) is 6.42 Å². The maximum absolute atomic E-state index is 10.9. The Morgan fingerprint density at radius 1 is 1.50 bits per heavy atom. The molecule has 0 saturated heterocycles. The second kappa shape index (κ2) is 5.54. The first kappa shape index (κ1) is 13.8. The lowest BCUT2D eigenvalue weighted by molar-refractivity contribution is -0.386. The van der Waals surface area contributed by atoms with Crippen molar-refractivity contribution in [3.63, 3.8) is 0 Å². The summed E-state index contributed by atoms with van der Waals surface area (Å²) in [4.78, 5) is 10.7. The standard InChI is InChI=1S/C11H11Br2NO4/c1-17-11-7(13)5-9(11)18-10-6(12)3-2-4-8(10)14(15)16/h2-4,7,9,11H,5H2,1H3. The number of ether oxygens (including phenoxy) is 2. The van der Waals surface area contributed by atoms with E-state index in [9.17, 15) is 10.1 Å². The molecule has 0 aliphatic heterocycles. The number of nitro benzene ring substituents is 1. The van der Waals surface area contributed by atoms with Gasteiger partial charge in [0.1, 0.15) is 12.2 Å². The summed E-state index contributed by atoms with van der Waals surface area (Å²) >= 11 is 6.73. The third-order valence-corrected chi connectivity index (χ3v) is 4.38. The van der Waals surface area contributed by atoms with Crippen LogP contribution in [0, 0.1) is 10.1 Å². The molecule has 7 heteroatoms. The number of nitro groups is 1.